The van der Waals surface area contributed by atoms with Crippen LogP contribution in [0.2, 0.25) is 0 Å². The third kappa shape index (κ3) is 3.71. The molecule has 4 rings (SSSR count). The molecule has 1 N–H and O–H groups in total. The van der Waals surface area contributed by atoms with Gasteiger partial charge in [0.1, 0.15) is 0 Å². The number of thioether (sulfide) groups is 1. The second-order valence-corrected chi connectivity index (χ2v) is 8.38. The van der Waals surface area contributed by atoms with Crippen molar-refractivity contribution in [2.24, 2.45) is 0 Å². The lowest BCUT2D eigenvalue weighted by atomic mass is 9.85. The minimum atomic E-state index is -0.399. The summed E-state index contributed by atoms with van der Waals surface area (Å²) in [6.07, 6.45) is 5.46. The average Bonchev–Trinajstić information content (AvgIpc) is 2.89. The van der Waals surface area contributed by atoms with Crippen molar-refractivity contribution < 1.29 is 9.59 Å². The highest BCUT2D eigenvalue weighted by Crippen LogP contribution is 2.45. The van der Waals surface area contributed by atoms with Gasteiger partial charge in [-0.2, -0.15) is 0 Å². The third-order valence-electron chi connectivity index (χ3n) is 5.60. The molecular formula is C24H26N2O2S. The van der Waals surface area contributed by atoms with Gasteiger partial charge in [-0.3, -0.25) is 14.5 Å². The molecule has 150 valence electrons. The first kappa shape index (κ1) is 19.8. The zero-order valence-corrected chi connectivity index (χ0v) is 17.7. The number of rotatable bonds is 4. The molecule has 0 aromatic heterocycles. The van der Waals surface area contributed by atoms with Crippen LogP contribution in [0, 0.1) is 0 Å². The van der Waals surface area contributed by atoms with Crippen LogP contribution in [-0.2, 0) is 9.59 Å². The summed E-state index contributed by atoms with van der Waals surface area (Å²) in [7, 11) is 0. The van der Waals surface area contributed by atoms with Crippen LogP contribution < -0.4 is 10.2 Å². The Balaban J connectivity index is 1.95. The Labute approximate surface area is 176 Å². The number of nitrogens with zero attached hydrogens (tertiary/aromatic N) is 1. The van der Waals surface area contributed by atoms with E-state index in [0.29, 0.717) is 12.8 Å². The van der Waals surface area contributed by atoms with Crippen LogP contribution in [0.4, 0.5) is 11.4 Å². The van der Waals surface area contributed by atoms with E-state index < -0.39 is 6.04 Å². The van der Waals surface area contributed by atoms with E-state index in [4.69, 9.17) is 0 Å². The van der Waals surface area contributed by atoms with E-state index in [0.717, 1.165) is 52.4 Å². The molecule has 0 saturated heterocycles. The van der Waals surface area contributed by atoms with E-state index in [-0.39, 0.29) is 11.7 Å². The molecule has 5 heteroatoms. The SMILES string of the molecule is CCCC(=O)N1c2ccccc2NC2=C(C(=O)CCC2)[C@H]1c1ccc(SC)cc1. The maximum atomic E-state index is 13.4. The number of hydrogen-bond donors (Lipinski definition) is 1. The summed E-state index contributed by atoms with van der Waals surface area (Å²) in [5.41, 5.74) is 4.41. The van der Waals surface area contributed by atoms with Crippen molar-refractivity contribution in [2.75, 3.05) is 16.5 Å². The molecule has 1 aliphatic heterocycles. The summed E-state index contributed by atoms with van der Waals surface area (Å²) in [6.45, 7) is 2.01. The highest BCUT2D eigenvalue weighted by Gasteiger charge is 2.39. The Morgan fingerprint density at radius 3 is 2.62 bits per heavy atom. The first-order valence-electron chi connectivity index (χ1n) is 10.2. The fourth-order valence-corrected chi connectivity index (χ4v) is 4.65. The number of para-hydroxylation sites is 2. The number of carbonyl (C=O) groups excluding carboxylic acids is 2. The van der Waals surface area contributed by atoms with E-state index in [1.807, 2.05) is 42.3 Å². The molecular weight excluding hydrogens is 380 g/mol. The van der Waals surface area contributed by atoms with Crippen LogP contribution in [0.5, 0.6) is 0 Å². The van der Waals surface area contributed by atoms with Gasteiger partial charge in [-0.1, -0.05) is 31.2 Å². The fourth-order valence-electron chi connectivity index (χ4n) is 4.25. The van der Waals surface area contributed by atoms with Crippen LogP contribution >= 0.6 is 11.8 Å². The summed E-state index contributed by atoms with van der Waals surface area (Å²) < 4.78 is 0. The van der Waals surface area contributed by atoms with Gasteiger partial charge < -0.3 is 5.32 Å². The van der Waals surface area contributed by atoms with Crippen molar-refractivity contribution in [1.29, 1.82) is 0 Å². The molecule has 29 heavy (non-hydrogen) atoms. The van der Waals surface area contributed by atoms with Gasteiger partial charge in [0.05, 0.1) is 17.4 Å². The zero-order valence-electron chi connectivity index (χ0n) is 16.9. The fraction of sp³-hybridized carbons (Fsp3) is 0.333. The molecule has 0 saturated carbocycles. The smallest absolute Gasteiger partial charge is 0.227 e. The van der Waals surface area contributed by atoms with E-state index >= 15 is 0 Å². The molecule has 1 atom stereocenters. The van der Waals surface area contributed by atoms with Crippen LogP contribution in [-0.4, -0.2) is 17.9 Å². The number of Topliss-reactive ketones (excluding diaryl/α,β-unsaturated/α-hetero) is 1. The van der Waals surface area contributed by atoms with Crippen LogP contribution in [0.3, 0.4) is 0 Å². The van der Waals surface area contributed by atoms with Crippen molar-refractivity contribution in [3.63, 3.8) is 0 Å². The molecule has 1 amide bonds. The number of nitrogens with one attached hydrogen (secondary N) is 1. The lowest BCUT2D eigenvalue weighted by Gasteiger charge is -2.34. The van der Waals surface area contributed by atoms with Crippen molar-refractivity contribution in [3.05, 3.63) is 65.4 Å². The van der Waals surface area contributed by atoms with Crippen LogP contribution in [0.15, 0.2) is 64.7 Å². The average molecular weight is 407 g/mol. The Hall–Kier alpha value is -2.53. The van der Waals surface area contributed by atoms with Gasteiger partial charge in [-0.25, -0.2) is 0 Å². The van der Waals surface area contributed by atoms with Gasteiger partial charge in [-0.15, -0.1) is 11.8 Å². The number of amides is 1. The van der Waals surface area contributed by atoms with Crippen LogP contribution in [0.25, 0.3) is 0 Å². The molecule has 2 aliphatic rings. The lowest BCUT2D eigenvalue weighted by molar-refractivity contribution is -0.119. The second-order valence-electron chi connectivity index (χ2n) is 7.50. The predicted molar refractivity (Wildman–Crippen MR) is 119 cm³/mol. The van der Waals surface area contributed by atoms with E-state index in [9.17, 15) is 9.59 Å². The van der Waals surface area contributed by atoms with E-state index in [1.165, 1.54) is 0 Å². The second kappa shape index (κ2) is 8.46. The van der Waals surface area contributed by atoms with Gasteiger partial charge in [0.15, 0.2) is 5.78 Å². The molecule has 1 aliphatic carbocycles. The molecule has 4 nitrogen and oxygen atoms in total. The first-order valence-corrected chi connectivity index (χ1v) is 11.4. The Morgan fingerprint density at radius 1 is 1.14 bits per heavy atom. The zero-order chi connectivity index (χ0) is 20.4. The number of hydrogen-bond acceptors (Lipinski definition) is 4. The Morgan fingerprint density at radius 2 is 1.90 bits per heavy atom. The summed E-state index contributed by atoms with van der Waals surface area (Å²) in [4.78, 5) is 29.5. The van der Waals surface area contributed by atoms with Gasteiger partial charge in [0.2, 0.25) is 5.91 Å². The summed E-state index contributed by atoms with van der Waals surface area (Å²) in [6, 6.07) is 15.7. The molecule has 0 bridgehead atoms. The number of anilines is 2. The summed E-state index contributed by atoms with van der Waals surface area (Å²) >= 11 is 1.68. The molecule has 0 fully saturated rings. The van der Waals surface area contributed by atoms with Gasteiger partial charge in [-0.05, 0) is 55.3 Å². The third-order valence-corrected chi connectivity index (χ3v) is 6.34. The molecule has 0 radical (unpaired) electrons. The maximum absolute atomic E-state index is 13.4. The molecule has 0 unspecified atom stereocenters. The van der Waals surface area contributed by atoms with Gasteiger partial charge in [0, 0.05) is 29.0 Å². The molecule has 0 spiro atoms. The molecule has 2 aromatic carbocycles. The molecule has 1 heterocycles. The normalized spacial score (nSPS) is 18.6. The predicted octanol–water partition coefficient (Wildman–Crippen LogP) is 5.72. The standard InChI is InChI=1S/C24H26N2O2S/c1-3-7-22(28)26-20-10-5-4-8-18(20)25-19-9-6-11-21(27)23(19)24(26)16-12-14-17(29-2)15-13-16/h4-5,8,10,12-15,24-25H,3,6-7,9,11H2,1-2H3/t24-/m1/s1. The topological polar surface area (TPSA) is 49.4 Å². The Bertz CT molecular complexity index is 965. The number of fused-ring (bicyclic) bond motifs is 1. The largest absolute Gasteiger partial charge is 0.357 e. The highest BCUT2D eigenvalue weighted by atomic mass is 32.2. The monoisotopic (exact) mass is 406 g/mol. The maximum Gasteiger partial charge on any atom is 0.227 e. The van der Waals surface area contributed by atoms with Crippen molar-refractivity contribution in [1.82, 2.24) is 0 Å². The van der Waals surface area contributed by atoms with Gasteiger partial charge >= 0.3 is 0 Å². The minimum absolute atomic E-state index is 0.0489. The van der Waals surface area contributed by atoms with Crippen molar-refractivity contribution in [3.8, 4) is 0 Å². The number of carbonyl (C=O) groups is 2. The van der Waals surface area contributed by atoms with E-state index in [1.54, 1.807) is 11.8 Å². The van der Waals surface area contributed by atoms with Gasteiger partial charge in [0.25, 0.3) is 0 Å². The number of allylic oxidation sites excluding steroid dienone is 1. The lowest BCUT2D eigenvalue weighted by Crippen LogP contribution is -2.37. The summed E-state index contributed by atoms with van der Waals surface area (Å²) in [5, 5.41) is 3.50. The minimum Gasteiger partial charge on any atom is -0.357 e. The number of benzene rings is 2. The number of ketones is 1. The summed E-state index contributed by atoms with van der Waals surface area (Å²) in [5.74, 6) is 0.188. The quantitative estimate of drug-likeness (QED) is 0.660. The van der Waals surface area contributed by atoms with Crippen molar-refractivity contribution >= 4 is 34.8 Å². The van der Waals surface area contributed by atoms with Crippen molar-refractivity contribution in [2.45, 2.75) is 50.0 Å². The van der Waals surface area contributed by atoms with E-state index in [2.05, 4.69) is 29.6 Å². The van der Waals surface area contributed by atoms with Crippen LogP contribution in [0.1, 0.15) is 50.6 Å². The first-order chi connectivity index (χ1) is 14.1. The Kier molecular flexibility index (Phi) is 5.76. The highest BCUT2D eigenvalue weighted by molar-refractivity contribution is 7.98. The molecule has 2 aromatic rings.